The SMILES string of the molecule is Cc1ccc(CC(=O)Nc2ccc(N3CCC(C(N)=O)(N4CCCCC4)CC3)cc2C(=O)O)cc1. The van der Waals surface area contributed by atoms with Gasteiger partial charge in [-0.25, -0.2) is 4.79 Å². The summed E-state index contributed by atoms with van der Waals surface area (Å²) in [6.45, 7) is 4.98. The standard InChI is InChI=1S/C27H34N4O4/c1-19-5-7-20(8-6-19)17-24(32)29-23-10-9-21(18-22(23)25(33)34)30-15-11-27(12-16-30,26(28)35)31-13-3-2-4-14-31/h5-10,18H,2-4,11-17H2,1H3,(H2,28,35)(H,29,32)(H,33,34). The summed E-state index contributed by atoms with van der Waals surface area (Å²) in [4.78, 5) is 41.4. The molecule has 4 rings (SSSR count). The van der Waals surface area contributed by atoms with E-state index in [2.05, 4.69) is 15.1 Å². The average Bonchev–Trinajstić information content (AvgIpc) is 2.86. The smallest absolute Gasteiger partial charge is 0.337 e. The molecule has 2 saturated heterocycles. The molecule has 2 aromatic carbocycles. The molecule has 0 radical (unpaired) electrons. The minimum atomic E-state index is -1.10. The van der Waals surface area contributed by atoms with Crippen molar-refractivity contribution in [2.75, 3.05) is 36.4 Å². The molecule has 0 aliphatic carbocycles. The average molecular weight is 479 g/mol. The van der Waals surface area contributed by atoms with Crippen molar-refractivity contribution in [2.24, 2.45) is 5.73 Å². The lowest BCUT2D eigenvalue weighted by molar-refractivity contribution is -0.132. The number of amides is 2. The Kier molecular flexibility index (Phi) is 7.40. The minimum absolute atomic E-state index is 0.0440. The van der Waals surface area contributed by atoms with Crippen LogP contribution in [0.5, 0.6) is 0 Å². The fourth-order valence-electron chi connectivity index (χ4n) is 5.28. The molecule has 8 heteroatoms. The minimum Gasteiger partial charge on any atom is -0.478 e. The van der Waals surface area contributed by atoms with E-state index < -0.39 is 11.5 Å². The Hall–Kier alpha value is -3.39. The predicted octanol–water partition coefficient (Wildman–Crippen LogP) is 3.18. The van der Waals surface area contributed by atoms with Gasteiger partial charge in [-0.1, -0.05) is 36.2 Å². The number of nitrogens with two attached hydrogens (primary N) is 1. The van der Waals surface area contributed by atoms with Gasteiger partial charge in [0.05, 0.1) is 17.7 Å². The second-order valence-corrected chi connectivity index (χ2v) is 9.68. The van der Waals surface area contributed by atoms with Gasteiger partial charge in [-0.15, -0.1) is 0 Å². The highest BCUT2D eigenvalue weighted by molar-refractivity contribution is 6.01. The molecule has 8 nitrogen and oxygen atoms in total. The van der Waals surface area contributed by atoms with Crippen molar-refractivity contribution in [1.29, 1.82) is 0 Å². The quantitative estimate of drug-likeness (QED) is 0.563. The molecule has 0 spiro atoms. The normalized spacial score (nSPS) is 18.1. The molecule has 0 unspecified atom stereocenters. The van der Waals surface area contributed by atoms with E-state index in [9.17, 15) is 19.5 Å². The first-order valence-corrected chi connectivity index (χ1v) is 12.3. The van der Waals surface area contributed by atoms with Crippen LogP contribution >= 0.6 is 0 Å². The molecule has 2 aliphatic heterocycles. The molecular weight excluding hydrogens is 444 g/mol. The molecule has 2 fully saturated rings. The van der Waals surface area contributed by atoms with Crippen LogP contribution in [-0.4, -0.2) is 59.5 Å². The first-order chi connectivity index (χ1) is 16.8. The second kappa shape index (κ2) is 10.5. The highest BCUT2D eigenvalue weighted by Crippen LogP contribution is 2.34. The zero-order chi connectivity index (χ0) is 25.0. The number of carbonyl (C=O) groups excluding carboxylic acids is 2. The van der Waals surface area contributed by atoms with Crippen LogP contribution in [0.25, 0.3) is 0 Å². The molecule has 2 aromatic rings. The van der Waals surface area contributed by atoms with Gasteiger partial charge in [-0.05, 0) is 69.5 Å². The van der Waals surface area contributed by atoms with E-state index in [1.165, 1.54) is 6.42 Å². The molecule has 0 bridgehead atoms. The summed E-state index contributed by atoms with van der Waals surface area (Å²) in [5.74, 6) is -1.64. The van der Waals surface area contributed by atoms with Gasteiger partial charge < -0.3 is 21.1 Å². The molecular formula is C27H34N4O4. The van der Waals surface area contributed by atoms with E-state index in [0.717, 1.165) is 42.7 Å². The number of hydrogen-bond donors (Lipinski definition) is 3. The van der Waals surface area contributed by atoms with Crippen molar-refractivity contribution in [3.63, 3.8) is 0 Å². The predicted molar refractivity (Wildman–Crippen MR) is 136 cm³/mol. The number of carboxylic acid groups (broad SMARTS) is 1. The second-order valence-electron chi connectivity index (χ2n) is 9.68. The molecule has 2 heterocycles. The van der Waals surface area contributed by atoms with Gasteiger partial charge in [0, 0.05) is 18.8 Å². The number of piperidine rings is 2. The largest absolute Gasteiger partial charge is 0.478 e. The number of nitrogens with one attached hydrogen (secondary N) is 1. The van der Waals surface area contributed by atoms with Crippen LogP contribution in [0.2, 0.25) is 0 Å². The van der Waals surface area contributed by atoms with E-state index >= 15 is 0 Å². The van der Waals surface area contributed by atoms with Crippen molar-refractivity contribution in [3.8, 4) is 0 Å². The number of nitrogens with zero attached hydrogens (tertiary/aromatic N) is 2. The maximum Gasteiger partial charge on any atom is 0.337 e. The van der Waals surface area contributed by atoms with Crippen molar-refractivity contribution in [3.05, 3.63) is 59.2 Å². The summed E-state index contributed by atoms with van der Waals surface area (Å²) in [6.07, 6.45) is 4.73. The molecule has 186 valence electrons. The third-order valence-electron chi connectivity index (χ3n) is 7.37. The van der Waals surface area contributed by atoms with Crippen LogP contribution in [0.15, 0.2) is 42.5 Å². The molecule has 2 amide bonds. The summed E-state index contributed by atoms with van der Waals surface area (Å²) in [5.41, 5.74) is 8.31. The van der Waals surface area contributed by atoms with Gasteiger partial charge in [0.15, 0.2) is 0 Å². The lowest BCUT2D eigenvalue weighted by Gasteiger charge is -2.48. The van der Waals surface area contributed by atoms with Crippen LogP contribution in [-0.2, 0) is 16.0 Å². The summed E-state index contributed by atoms with van der Waals surface area (Å²) in [7, 11) is 0. The molecule has 4 N–H and O–H groups in total. The Balaban J connectivity index is 1.46. The van der Waals surface area contributed by atoms with Crippen molar-refractivity contribution in [2.45, 2.75) is 51.0 Å². The topological polar surface area (TPSA) is 116 Å². The monoisotopic (exact) mass is 478 g/mol. The number of carboxylic acids is 1. The zero-order valence-electron chi connectivity index (χ0n) is 20.3. The number of rotatable bonds is 7. The fourth-order valence-corrected chi connectivity index (χ4v) is 5.28. The van der Waals surface area contributed by atoms with Gasteiger partial charge in [0.1, 0.15) is 5.54 Å². The van der Waals surface area contributed by atoms with Crippen LogP contribution in [0.1, 0.15) is 53.6 Å². The number of likely N-dealkylation sites (tertiary alicyclic amines) is 1. The molecule has 0 saturated carbocycles. The molecule has 0 aromatic heterocycles. The maximum absolute atomic E-state index is 12.6. The zero-order valence-corrected chi connectivity index (χ0v) is 20.3. The number of anilines is 2. The summed E-state index contributed by atoms with van der Waals surface area (Å²) >= 11 is 0. The van der Waals surface area contributed by atoms with Gasteiger partial charge >= 0.3 is 5.97 Å². The van der Waals surface area contributed by atoms with E-state index in [1.54, 1.807) is 12.1 Å². The number of benzene rings is 2. The maximum atomic E-state index is 12.6. The number of primary amides is 1. The third kappa shape index (κ3) is 5.48. The molecule has 2 aliphatic rings. The first kappa shape index (κ1) is 24.7. The Morgan fingerprint density at radius 1 is 0.971 bits per heavy atom. The number of carbonyl (C=O) groups is 3. The van der Waals surface area contributed by atoms with Crippen LogP contribution in [0.3, 0.4) is 0 Å². The number of hydrogen-bond acceptors (Lipinski definition) is 5. The van der Waals surface area contributed by atoms with Crippen molar-refractivity contribution >= 4 is 29.2 Å². The van der Waals surface area contributed by atoms with E-state index in [-0.39, 0.29) is 29.5 Å². The Bertz CT molecular complexity index is 1080. The van der Waals surface area contributed by atoms with Crippen molar-refractivity contribution in [1.82, 2.24) is 4.90 Å². The first-order valence-electron chi connectivity index (χ1n) is 12.3. The van der Waals surface area contributed by atoms with Gasteiger partial charge in [0.25, 0.3) is 0 Å². The third-order valence-corrected chi connectivity index (χ3v) is 7.37. The lowest BCUT2D eigenvalue weighted by atomic mass is 9.83. The summed E-state index contributed by atoms with van der Waals surface area (Å²) < 4.78 is 0. The number of aryl methyl sites for hydroxylation is 1. The summed E-state index contributed by atoms with van der Waals surface area (Å²) in [6, 6.07) is 12.7. The van der Waals surface area contributed by atoms with E-state index in [1.807, 2.05) is 37.3 Å². The van der Waals surface area contributed by atoms with Gasteiger partial charge in [-0.2, -0.15) is 0 Å². The van der Waals surface area contributed by atoms with E-state index in [4.69, 9.17) is 5.73 Å². The van der Waals surface area contributed by atoms with E-state index in [0.29, 0.717) is 25.9 Å². The van der Waals surface area contributed by atoms with Crippen LogP contribution in [0, 0.1) is 6.92 Å². The Morgan fingerprint density at radius 2 is 1.63 bits per heavy atom. The highest BCUT2D eigenvalue weighted by atomic mass is 16.4. The highest BCUT2D eigenvalue weighted by Gasteiger charge is 2.45. The Morgan fingerprint density at radius 3 is 2.23 bits per heavy atom. The molecule has 0 atom stereocenters. The number of aromatic carboxylic acids is 1. The lowest BCUT2D eigenvalue weighted by Crippen LogP contribution is -2.63. The fraction of sp³-hybridized carbons (Fsp3) is 0.444. The van der Waals surface area contributed by atoms with Gasteiger partial charge in [-0.3, -0.25) is 14.5 Å². The Labute approximate surface area is 206 Å². The molecule has 35 heavy (non-hydrogen) atoms. The summed E-state index contributed by atoms with van der Waals surface area (Å²) in [5, 5.41) is 12.6. The van der Waals surface area contributed by atoms with Crippen molar-refractivity contribution < 1.29 is 19.5 Å². The van der Waals surface area contributed by atoms with Gasteiger partial charge in [0.2, 0.25) is 11.8 Å². The van der Waals surface area contributed by atoms with Crippen LogP contribution < -0.4 is 16.0 Å². The van der Waals surface area contributed by atoms with Crippen LogP contribution in [0.4, 0.5) is 11.4 Å².